The fraction of sp³-hybridized carbons (Fsp3) is 0.917. The molecule has 292 valence electrons. The number of hydrogen-bond donors (Lipinski definition) is 5. The first-order chi connectivity index (χ1) is 22.5. The maximum absolute atomic E-state index is 13.9. The molecule has 3 heterocycles. The monoisotopic (exact) mass is 801 g/mol. The van der Waals surface area contributed by atoms with Crippen LogP contribution in [-0.2, 0) is 54.3 Å². The van der Waals surface area contributed by atoms with E-state index in [1.807, 2.05) is 13.8 Å². The number of rotatable bonds is 6. The molecule has 0 aromatic carbocycles. The van der Waals surface area contributed by atoms with Crippen LogP contribution in [0.5, 0.6) is 0 Å². The summed E-state index contributed by atoms with van der Waals surface area (Å²) >= 11 is 0. The third kappa shape index (κ3) is 10.6. The van der Waals surface area contributed by atoms with E-state index in [2.05, 4.69) is 0 Å². The normalized spacial score (nSPS) is 46.4. The van der Waals surface area contributed by atoms with E-state index in [9.17, 15) is 35.2 Å². The maximum Gasteiger partial charge on any atom is 0.308 e. The molecule has 3 aliphatic rings. The van der Waals surface area contributed by atoms with Crippen LogP contribution < -0.4 is 0 Å². The summed E-state index contributed by atoms with van der Waals surface area (Å²) in [5.41, 5.74) is -1.76. The van der Waals surface area contributed by atoms with Crippen LogP contribution in [0.1, 0.15) is 94.9 Å². The molecule has 0 saturated carbocycles. The summed E-state index contributed by atoms with van der Waals surface area (Å²) in [7, 11) is 3.10. The van der Waals surface area contributed by atoms with Gasteiger partial charge in [0.2, 0.25) is 0 Å². The number of ketones is 1. The first-order valence-corrected chi connectivity index (χ1v) is 18.0. The van der Waals surface area contributed by atoms with Crippen LogP contribution in [0.2, 0.25) is 0 Å². The number of aliphatic hydroxyl groups excluding tert-OH is 3. The van der Waals surface area contributed by atoms with Gasteiger partial charge in [-0.3, -0.25) is 9.59 Å². The van der Waals surface area contributed by atoms with E-state index in [1.165, 1.54) is 6.92 Å². The summed E-state index contributed by atoms with van der Waals surface area (Å²) in [6.07, 6.45) is -8.21. The minimum Gasteiger partial charge on any atom is -0.495 e. The van der Waals surface area contributed by atoms with Crippen molar-refractivity contribution in [3.8, 4) is 0 Å². The van der Waals surface area contributed by atoms with Crippen molar-refractivity contribution in [2.24, 2.45) is 29.6 Å². The number of hydroxylamine groups is 3. The van der Waals surface area contributed by atoms with Crippen molar-refractivity contribution in [3.63, 3.8) is 0 Å². The second-order valence-electron chi connectivity index (χ2n) is 16.0. The van der Waals surface area contributed by atoms with E-state index < -0.39 is 107 Å². The zero-order chi connectivity index (χ0) is 37.3. The molecule has 1 unspecified atom stereocenters. The molecule has 0 aromatic rings. The molecule has 0 aromatic heterocycles. The second kappa shape index (κ2) is 18.2. The Morgan fingerprint density at radius 1 is 0.940 bits per heavy atom. The van der Waals surface area contributed by atoms with Gasteiger partial charge >= 0.3 is 5.97 Å². The van der Waals surface area contributed by atoms with Crippen LogP contribution >= 0.6 is 0 Å². The number of hydrogen-bond acceptors (Lipinski definition) is 12. The van der Waals surface area contributed by atoms with Gasteiger partial charge in [0.25, 0.3) is 0 Å². The van der Waals surface area contributed by atoms with Crippen LogP contribution in [0.3, 0.4) is 0 Å². The molecule has 0 spiro atoms. The summed E-state index contributed by atoms with van der Waals surface area (Å²) in [6, 6.07) is -0.674. The smallest absolute Gasteiger partial charge is 0.308 e. The summed E-state index contributed by atoms with van der Waals surface area (Å²) < 4.78 is 30.7. The molecule has 0 aliphatic carbocycles. The van der Waals surface area contributed by atoms with Gasteiger partial charge < -0.3 is 44.1 Å². The van der Waals surface area contributed by atoms with Crippen LogP contribution in [0.15, 0.2) is 0 Å². The number of Topliss-reactive ketones (excluding diaryl/α,β-unsaturated/α-hetero) is 1. The SMILES string of the molecule is CC[C@H]1OC(=O)[C@H](C)[C@@H](O[C@H]2C[C@H](C)[C@@H](O)[C@H](C)O2)[C@H](C)C(O[C@@H]2O[C@H](C)C[C@H]([N+](C)(C)O)[C@H]2O)[C@](C)(O)C[C@H](C)C(=O)[C@H](C)[C@@H](O)[C-]1C.[Mo]. The Balaban J connectivity index is 0.00000867. The van der Waals surface area contributed by atoms with Gasteiger partial charge in [-0.15, -0.1) is 0 Å². The average molecular weight is 800 g/mol. The summed E-state index contributed by atoms with van der Waals surface area (Å²) in [6.45, 7) is 17.2. The van der Waals surface area contributed by atoms with Crippen molar-refractivity contribution in [2.45, 2.75) is 168 Å². The largest absolute Gasteiger partial charge is 0.495 e. The predicted molar refractivity (Wildman–Crippen MR) is 179 cm³/mol. The summed E-state index contributed by atoms with van der Waals surface area (Å²) in [5.74, 6) is -3.90. The van der Waals surface area contributed by atoms with Gasteiger partial charge in [-0.05, 0) is 52.6 Å². The molecule has 17 atom stereocenters. The van der Waals surface area contributed by atoms with Crippen molar-refractivity contribution >= 4 is 11.8 Å². The molecule has 3 aliphatic heterocycles. The van der Waals surface area contributed by atoms with E-state index in [-0.39, 0.29) is 39.2 Å². The molecule has 14 heteroatoms. The Hall–Kier alpha value is -0.572. The van der Waals surface area contributed by atoms with Gasteiger partial charge in [-0.2, -0.15) is 11.6 Å². The molecular formula is C36H65MoNO12. The molecule has 50 heavy (non-hydrogen) atoms. The predicted octanol–water partition coefficient (Wildman–Crippen LogP) is 2.76. The van der Waals surface area contributed by atoms with E-state index >= 15 is 0 Å². The molecule has 0 radical (unpaired) electrons. The number of quaternary nitrogens is 1. The van der Waals surface area contributed by atoms with Crippen molar-refractivity contribution in [2.75, 3.05) is 14.1 Å². The van der Waals surface area contributed by atoms with Crippen molar-refractivity contribution in [1.29, 1.82) is 0 Å². The molecule has 3 saturated heterocycles. The summed E-state index contributed by atoms with van der Waals surface area (Å²) in [4.78, 5) is 27.7. The number of nitrogens with zero attached hydrogens (tertiary/aromatic N) is 1. The minimum absolute atomic E-state index is 0. The zero-order valence-corrected chi connectivity index (χ0v) is 34.0. The van der Waals surface area contributed by atoms with Crippen molar-refractivity contribution in [1.82, 2.24) is 0 Å². The Labute approximate surface area is 313 Å². The van der Waals surface area contributed by atoms with Gasteiger partial charge in [-0.1, -0.05) is 40.7 Å². The van der Waals surface area contributed by atoms with E-state index in [0.717, 1.165) is 0 Å². The molecule has 0 bridgehead atoms. The number of carbonyl (C=O) groups excluding carboxylic acids is 2. The average Bonchev–Trinajstić information content (AvgIpc) is 3.01. The Kier molecular flexibility index (Phi) is 16.6. The number of ether oxygens (including phenoxy) is 5. The van der Waals surface area contributed by atoms with Crippen LogP contribution in [0.25, 0.3) is 0 Å². The second-order valence-corrected chi connectivity index (χ2v) is 16.0. The van der Waals surface area contributed by atoms with Gasteiger partial charge in [0.15, 0.2) is 24.7 Å². The fourth-order valence-electron chi connectivity index (χ4n) is 8.07. The number of carbonyl (C=O) groups is 2. The molecule has 5 N–H and O–H groups in total. The van der Waals surface area contributed by atoms with Crippen LogP contribution in [0, 0.1) is 35.5 Å². The van der Waals surface area contributed by atoms with E-state index in [4.69, 9.17) is 23.7 Å². The molecule has 13 nitrogen and oxygen atoms in total. The van der Waals surface area contributed by atoms with Gasteiger partial charge in [0, 0.05) is 51.7 Å². The van der Waals surface area contributed by atoms with Crippen LogP contribution in [-0.4, -0.2) is 129 Å². The van der Waals surface area contributed by atoms with Gasteiger partial charge in [0.1, 0.15) is 5.78 Å². The zero-order valence-electron chi connectivity index (χ0n) is 32.0. The van der Waals surface area contributed by atoms with Gasteiger partial charge in [-0.25, -0.2) is 11.1 Å². The molecule has 0 amide bonds. The quantitative estimate of drug-likeness (QED) is 0.0874. The van der Waals surface area contributed by atoms with Crippen LogP contribution in [0.4, 0.5) is 0 Å². The fourth-order valence-corrected chi connectivity index (χ4v) is 8.07. The van der Waals surface area contributed by atoms with E-state index in [0.29, 0.717) is 25.2 Å². The first kappa shape index (κ1) is 45.6. The standard InChI is InChI=1S/C36H65NO12.Mo/c1-13-26-20(5)30(40)21(6)28(38)18(3)16-36(10,43)33(49-35-31(41)25(37(11,12)44)15-19(4)45-35)22(7)32(23(8)34(42)47-26)48-27-14-17(2)29(39)24(9)46-27;/h17-19,21-27,29-33,35,39-41,43-44H,13-16H2,1-12H3;/t17-,18-,19+,21-,22-,23+,24-,25-,26+,27-,29+,30-,31+,32-,33?,35-,36+;/m0./s1. The number of aliphatic hydroxyl groups is 4. The topological polar surface area (TPSA) is 181 Å². The molecular weight excluding hydrogens is 734 g/mol. The third-order valence-electron chi connectivity index (χ3n) is 11.2. The Morgan fingerprint density at radius 3 is 2.08 bits per heavy atom. The van der Waals surface area contributed by atoms with Gasteiger partial charge in [0.05, 0.1) is 56.1 Å². The molecule has 3 rings (SSSR count). The first-order valence-electron chi connectivity index (χ1n) is 18.0. The third-order valence-corrected chi connectivity index (χ3v) is 11.2. The number of esters is 1. The summed E-state index contributed by atoms with van der Waals surface area (Å²) in [5, 5.41) is 56.4. The molecule has 3 fully saturated rings. The number of likely N-dealkylation sites (N-methyl/N-ethyl adjacent to an activating group) is 1. The van der Waals surface area contributed by atoms with Crippen molar-refractivity contribution in [3.05, 3.63) is 5.92 Å². The Bertz CT molecular complexity index is 1090. The number of cyclic esters (lactones) is 1. The van der Waals surface area contributed by atoms with Crippen molar-refractivity contribution < 1.29 is 84.6 Å². The minimum atomic E-state index is -1.76. The maximum atomic E-state index is 13.9. The Morgan fingerprint density at radius 2 is 1.54 bits per heavy atom. The van der Waals surface area contributed by atoms with E-state index in [1.54, 1.807) is 62.6 Å².